The number of fused-ring (bicyclic) bond motifs is 3. The maximum atomic E-state index is 13.4. The van der Waals surface area contributed by atoms with Gasteiger partial charge in [-0.15, -0.1) is 0 Å². The van der Waals surface area contributed by atoms with Gasteiger partial charge in [0.2, 0.25) is 0 Å². The fraction of sp³-hybridized carbons (Fsp3) is 0.385. The van der Waals surface area contributed by atoms with Crippen LogP contribution in [0.2, 0.25) is 0 Å². The molecule has 1 heterocycles. The molecule has 16 heavy (non-hydrogen) atoms. The first-order valence-electron chi connectivity index (χ1n) is 5.70. The minimum Gasteiger partial charge on any atom is -0.358 e. The molecule has 3 N–H and O–H groups in total. The number of benzene rings is 1. The number of hydrogen-bond donors (Lipinski definition) is 2. The van der Waals surface area contributed by atoms with Gasteiger partial charge in [0.05, 0.1) is 0 Å². The highest BCUT2D eigenvalue weighted by atomic mass is 19.1. The Morgan fingerprint density at radius 2 is 2.25 bits per heavy atom. The summed E-state index contributed by atoms with van der Waals surface area (Å²) in [5.74, 6) is -0.161. The Kier molecular flexibility index (Phi) is 2.04. The quantitative estimate of drug-likeness (QED) is 0.700. The van der Waals surface area contributed by atoms with Crippen molar-refractivity contribution in [2.45, 2.75) is 32.2 Å². The minimum atomic E-state index is -0.161. The van der Waals surface area contributed by atoms with E-state index in [1.165, 1.54) is 11.3 Å². The first-order valence-corrected chi connectivity index (χ1v) is 5.70. The Morgan fingerprint density at radius 1 is 1.44 bits per heavy atom. The molecule has 0 bridgehead atoms. The number of rotatable bonds is 0. The van der Waals surface area contributed by atoms with Gasteiger partial charge < -0.3 is 10.7 Å². The number of halogens is 1. The van der Waals surface area contributed by atoms with E-state index >= 15 is 0 Å². The summed E-state index contributed by atoms with van der Waals surface area (Å²) >= 11 is 0. The molecule has 3 rings (SSSR count). The lowest BCUT2D eigenvalue weighted by molar-refractivity contribution is 0.574. The number of aryl methyl sites for hydroxylation is 2. The van der Waals surface area contributed by atoms with Crippen LogP contribution in [0.3, 0.4) is 0 Å². The molecule has 1 aliphatic carbocycles. The standard InChI is InChI=1S/C13H15FN2/c1-7-4-8(14)5-11-10-6-9(15)2-3-12(10)16-13(7)11/h4-5,9,16H,2-3,6,15H2,1H3. The smallest absolute Gasteiger partial charge is 0.124 e. The van der Waals surface area contributed by atoms with E-state index in [1.54, 1.807) is 12.1 Å². The van der Waals surface area contributed by atoms with E-state index in [4.69, 9.17) is 5.73 Å². The lowest BCUT2D eigenvalue weighted by atomic mass is 9.92. The summed E-state index contributed by atoms with van der Waals surface area (Å²) in [4.78, 5) is 3.41. The SMILES string of the molecule is Cc1cc(F)cc2c3c([nH]c12)CCC(N)C3. The third kappa shape index (κ3) is 1.35. The summed E-state index contributed by atoms with van der Waals surface area (Å²) < 4.78 is 13.4. The second-order valence-electron chi connectivity index (χ2n) is 4.73. The van der Waals surface area contributed by atoms with Crippen molar-refractivity contribution in [3.8, 4) is 0 Å². The van der Waals surface area contributed by atoms with Crippen LogP contribution in [0.15, 0.2) is 12.1 Å². The molecule has 3 heteroatoms. The molecule has 2 nitrogen and oxygen atoms in total. The molecule has 1 aliphatic rings. The van der Waals surface area contributed by atoms with Gasteiger partial charge in [-0.25, -0.2) is 4.39 Å². The van der Waals surface area contributed by atoms with Gasteiger partial charge in [-0.1, -0.05) is 0 Å². The summed E-state index contributed by atoms with van der Waals surface area (Å²) in [6.07, 6.45) is 2.85. The molecule has 84 valence electrons. The lowest BCUT2D eigenvalue weighted by Crippen LogP contribution is -2.27. The molecule has 0 fully saturated rings. The van der Waals surface area contributed by atoms with Gasteiger partial charge in [-0.05, 0) is 49.4 Å². The van der Waals surface area contributed by atoms with Gasteiger partial charge in [0, 0.05) is 22.6 Å². The molecule has 0 saturated carbocycles. The summed E-state index contributed by atoms with van der Waals surface area (Å²) in [6, 6.07) is 3.41. The molecule has 1 aromatic heterocycles. The normalized spacial score (nSPS) is 20.1. The van der Waals surface area contributed by atoms with Crippen LogP contribution in [0.25, 0.3) is 10.9 Å². The predicted octanol–water partition coefficient (Wildman–Crippen LogP) is 2.43. The van der Waals surface area contributed by atoms with Gasteiger partial charge in [-0.2, -0.15) is 0 Å². The van der Waals surface area contributed by atoms with E-state index in [1.807, 2.05) is 6.92 Å². The van der Waals surface area contributed by atoms with E-state index < -0.39 is 0 Å². The third-order valence-electron chi connectivity index (χ3n) is 3.50. The Bertz CT molecular complexity index is 557. The van der Waals surface area contributed by atoms with Gasteiger partial charge in [-0.3, -0.25) is 0 Å². The maximum Gasteiger partial charge on any atom is 0.124 e. The number of H-pyrrole nitrogens is 1. The van der Waals surface area contributed by atoms with E-state index in [-0.39, 0.29) is 11.9 Å². The predicted molar refractivity (Wildman–Crippen MR) is 63.0 cm³/mol. The van der Waals surface area contributed by atoms with Crippen molar-refractivity contribution in [2.24, 2.45) is 5.73 Å². The van der Waals surface area contributed by atoms with Gasteiger partial charge in [0.1, 0.15) is 5.82 Å². The average Bonchev–Trinajstić information content (AvgIpc) is 2.57. The van der Waals surface area contributed by atoms with Crippen molar-refractivity contribution < 1.29 is 4.39 Å². The molecule has 0 spiro atoms. The van der Waals surface area contributed by atoms with Gasteiger partial charge in [0.25, 0.3) is 0 Å². The fourth-order valence-electron chi connectivity index (χ4n) is 2.68. The molecule has 2 aromatic rings. The van der Waals surface area contributed by atoms with Gasteiger partial charge in [0.15, 0.2) is 0 Å². The molecule has 1 unspecified atom stereocenters. The highest BCUT2D eigenvalue weighted by Crippen LogP contribution is 2.30. The largest absolute Gasteiger partial charge is 0.358 e. The summed E-state index contributed by atoms with van der Waals surface area (Å²) in [7, 11) is 0. The molecule has 1 atom stereocenters. The second-order valence-corrected chi connectivity index (χ2v) is 4.73. The Hall–Kier alpha value is -1.35. The van der Waals surface area contributed by atoms with Crippen molar-refractivity contribution in [3.63, 3.8) is 0 Å². The highest BCUT2D eigenvalue weighted by molar-refractivity contribution is 5.87. The van der Waals surface area contributed by atoms with E-state index in [0.717, 1.165) is 35.7 Å². The zero-order valence-corrected chi connectivity index (χ0v) is 9.31. The van der Waals surface area contributed by atoms with Crippen molar-refractivity contribution in [3.05, 3.63) is 34.8 Å². The van der Waals surface area contributed by atoms with Crippen LogP contribution in [0, 0.1) is 12.7 Å². The van der Waals surface area contributed by atoms with Gasteiger partial charge >= 0.3 is 0 Å². The number of aromatic amines is 1. The number of aromatic nitrogens is 1. The lowest BCUT2D eigenvalue weighted by Gasteiger charge is -2.18. The molecule has 0 aliphatic heterocycles. The van der Waals surface area contributed by atoms with Crippen LogP contribution in [0.5, 0.6) is 0 Å². The van der Waals surface area contributed by atoms with Crippen molar-refractivity contribution >= 4 is 10.9 Å². The van der Waals surface area contributed by atoms with Crippen molar-refractivity contribution in [1.82, 2.24) is 4.98 Å². The van der Waals surface area contributed by atoms with Crippen LogP contribution in [-0.4, -0.2) is 11.0 Å². The zero-order chi connectivity index (χ0) is 11.3. The van der Waals surface area contributed by atoms with Crippen LogP contribution < -0.4 is 5.73 Å². The fourth-order valence-corrected chi connectivity index (χ4v) is 2.68. The number of nitrogens with two attached hydrogens (primary N) is 1. The Morgan fingerprint density at radius 3 is 3.06 bits per heavy atom. The van der Waals surface area contributed by atoms with E-state index in [9.17, 15) is 4.39 Å². The second kappa shape index (κ2) is 3.32. The zero-order valence-electron chi connectivity index (χ0n) is 9.31. The van der Waals surface area contributed by atoms with Crippen LogP contribution in [0.4, 0.5) is 4.39 Å². The van der Waals surface area contributed by atoms with Crippen LogP contribution in [-0.2, 0) is 12.8 Å². The minimum absolute atomic E-state index is 0.161. The Labute approximate surface area is 93.6 Å². The van der Waals surface area contributed by atoms with E-state index in [2.05, 4.69) is 4.98 Å². The number of nitrogens with one attached hydrogen (secondary N) is 1. The molecule has 0 radical (unpaired) electrons. The first-order chi connectivity index (χ1) is 7.65. The average molecular weight is 218 g/mol. The monoisotopic (exact) mass is 218 g/mol. The van der Waals surface area contributed by atoms with E-state index in [0.29, 0.717) is 0 Å². The topological polar surface area (TPSA) is 41.8 Å². The highest BCUT2D eigenvalue weighted by Gasteiger charge is 2.20. The molecular formula is C13H15FN2. The summed E-state index contributed by atoms with van der Waals surface area (Å²) in [6.45, 7) is 1.94. The van der Waals surface area contributed by atoms with Crippen LogP contribution >= 0.6 is 0 Å². The maximum absolute atomic E-state index is 13.4. The number of hydrogen-bond acceptors (Lipinski definition) is 1. The molecule has 1 aromatic carbocycles. The summed E-state index contributed by atoms with van der Waals surface area (Å²) in [5.41, 5.74) is 10.5. The summed E-state index contributed by atoms with van der Waals surface area (Å²) in [5, 5.41) is 1.02. The molecule has 0 amide bonds. The van der Waals surface area contributed by atoms with Crippen molar-refractivity contribution in [1.29, 1.82) is 0 Å². The van der Waals surface area contributed by atoms with Crippen molar-refractivity contribution in [2.75, 3.05) is 0 Å². The Balaban J connectivity index is 2.30. The van der Waals surface area contributed by atoms with Crippen LogP contribution in [0.1, 0.15) is 23.2 Å². The molecule has 0 saturated heterocycles. The third-order valence-corrected chi connectivity index (χ3v) is 3.50. The first kappa shape index (κ1) is 9.85. The molecular weight excluding hydrogens is 203 g/mol.